The van der Waals surface area contributed by atoms with Gasteiger partial charge in [-0.15, -0.1) is 0 Å². The van der Waals surface area contributed by atoms with E-state index in [1.54, 1.807) is 32.9 Å². The Kier molecular flexibility index (Phi) is 8.05. The maximum atomic E-state index is 12.5. The van der Waals surface area contributed by atoms with Crippen molar-refractivity contribution in [3.05, 3.63) is 27.7 Å². The first-order chi connectivity index (χ1) is 11.2. The van der Waals surface area contributed by atoms with Crippen molar-refractivity contribution in [3.8, 4) is 5.75 Å². The Hall–Kier alpha value is -1.25. The van der Waals surface area contributed by atoms with Crippen LogP contribution in [0, 0.1) is 0 Å². The first kappa shape index (κ1) is 20.8. The summed E-state index contributed by atoms with van der Waals surface area (Å²) in [6.45, 7) is 4.20. The molecule has 24 heavy (non-hydrogen) atoms. The number of rotatable bonds is 8. The maximum Gasteiger partial charge on any atom is 0.342 e. The number of carbonyl (C=O) groups excluding carboxylic acids is 1. The molecule has 0 aromatic heterocycles. The Morgan fingerprint density at radius 3 is 2.50 bits per heavy atom. The van der Waals surface area contributed by atoms with Crippen molar-refractivity contribution in [2.24, 2.45) is 0 Å². The minimum absolute atomic E-state index is 0.0876. The van der Waals surface area contributed by atoms with E-state index in [0.29, 0.717) is 10.0 Å². The molecule has 0 saturated carbocycles. The van der Waals surface area contributed by atoms with Crippen LogP contribution in [0.25, 0.3) is 0 Å². The summed E-state index contributed by atoms with van der Waals surface area (Å²) in [5.74, 6) is -0.421. The highest BCUT2D eigenvalue weighted by Gasteiger charge is 2.26. The highest BCUT2D eigenvalue weighted by atomic mass is 79.9. The van der Waals surface area contributed by atoms with E-state index in [1.807, 2.05) is 0 Å². The third-order valence-corrected chi connectivity index (χ3v) is 3.25. The van der Waals surface area contributed by atoms with Crippen LogP contribution in [0.4, 0.5) is 8.78 Å². The molecule has 136 valence electrons. The van der Waals surface area contributed by atoms with Gasteiger partial charge in [-0.3, -0.25) is 0 Å². The molecule has 0 atom stereocenters. The lowest BCUT2D eigenvalue weighted by Crippen LogP contribution is -2.25. The number of ether oxygens (including phenoxy) is 4. The van der Waals surface area contributed by atoms with Crippen LogP contribution in [-0.2, 0) is 20.8 Å². The molecule has 0 radical (unpaired) electrons. The van der Waals surface area contributed by atoms with Crippen LogP contribution in [-0.4, -0.2) is 38.5 Å². The molecule has 0 unspecified atom stereocenters. The SMILES string of the molecule is COCOc1c(Br)ccc(COCC(F)F)c1C(=O)OC(C)(C)C. The number of benzene rings is 1. The molecule has 0 N–H and O–H groups in total. The van der Waals surface area contributed by atoms with Crippen molar-refractivity contribution in [1.82, 2.24) is 0 Å². The monoisotopic (exact) mass is 410 g/mol. The molecule has 0 saturated heterocycles. The second-order valence-electron chi connectivity index (χ2n) is 5.87. The number of methoxy groups -OCH3 is 1. The van der Waals surface area contributed by atoms with Gasteiger partial charge in [0.15, 0.2) is 12.5 Å². The Morgan fingerprint density at radius 1 is 1.29 bits per heavy atom. The normalized spacial score (nSPS) is 11.7. The number of esters is 1. The molecule has 1 rings (SSSR count). The van der Waals surface area contributed by atoms with Gasteiger partial charge < -0.3 is 18.9 Å². The predicted octanol–water partition coefficient (Wildman–Crippen LogP) is 4.17. The molecule has 0 aliphatic rings. The molecule has 0 bridgehead atoms. The fourth-order valence-corrected chi connectivity index (χ4v) is 2.23. The Morgan fingerprint density at radius 2 is 1.96 bits per heavy atom. The highest BCUT2D eigenvalue weighted by molar-refractivity contribution is 9.10. The van der Waals surface area contributed by atoms with Crippen molar-refractivity contribution in [3.63, 3.8) is 0 Å². The molecule has 8 heteroatoms. The van der Waals surface area contributed by atoms with Gasteiger partial charge >= 0.3 is 5.97 Å². The van der Waals surface area contributed by atoms with E-state index in [1.165, 1.54) is 7.11 Å². The van der Waals surface area contributed by atoms with Gasteiger partial charge in [0.25, 0.3) is 6.43 Å². The fourth-order valence-electron chi connectivity index (χ4n) is 1.79. The van der Waals surface area contributed by atoms with Crippen LogP contribution >= 0.6 is 15.9 Å². The van der Waals surface area contributed by atoms with Gasteiger partial charge in [0.05, 0.1) is 11.1 Å². The van der Waals surface area contributed by atoms with Gasteiger partial charge in [-0.1, -0.05) is 6.07 Å². The van der Waals surface area contributed by atoms with Crippen molar-refractivity contribution in [2.75, 3.05) is 20.5 Å². The number of carbonyl (C=O) groups is 1. The first-order valence-electron chi connectivity index (χ1n) is 7.18. The largest absolute Gasteiger partial charge is 0.465 e. The molecular formula is C16H21BrF2O5. The quantitative estimate of drug-likeness (QED) is 0.475. The van der Waals surface area contributed by atoms with Gasteiger partial charge in [-0.2, -0.15) is 0 Å². The number of hydrogen-bond donors (Lipinski definition) is 0. The van der Waals surface area contributed by atoms with Crippen LogP contribution in [0.2, 0.25) is 0 Å². The van der Waals surface area contributed by atoms with Crippen LogP contribution < -0.4 is 4.74 Å². The average molecular weight is 411 g/mol. The predicted molar refractivity (Wildman–Crippen MR) is 87.5 cm³/mol. The lowest BCUT2D eigenvalue weighted by atomic mass is 10.1. The summed E-state index contributed by atoms with van der Waals surface area (Å²) in [5, 5.41) is 0. The van der Waals surface area contributed by atoms with Crippen molar-refractivity contribution in [2.45, 2.75) is 39.4 Å². The van der Waals surface area contributed by atoms with E-state index >= 15 is 0 Å². The third-order valence-electron chi connectivity index (χ3n) is 2.62. The summed E-state index contributed by atoms with van der Waals surface area (Å²) in [6, 6.07) is 3.23. The van der Waals surface area contributed by atoms with Crippen molar-refractivity contribution < 1.29 is 32.5 Å². The van der Waals surface area contributed by atoms with E-state index in [4.69, 9.17) is 18.9 Å². The molecule has 0 spiro atoms. The second-order valence-corrected chi connectivity index (χ2v) is 6.72. The molecule has 0 heterocycles. The van der Waals surface area contributed by atoms with Gasteiger partial charge in [-0.05, 0) is 48.3 Å². The standard InChI is InChI=1S/C16H21BrF2O5/c1-16(2,3)24-15(20)13-10(7-22-8-12(18)19)5-6-11(17)14(13)23-9-21-4/h5-6,12H,7-9H2,1-4H3. The molecule has 0 aliphatic carbocycles. The summed E-state index contributed by atoms with van der Waals surface area (Å²) in [6.07, 6.45) is -2.59. The Labute approximate surface area is 148 Å². The summed E-state index contributed by atoms with van der Waals surface area (Å²) in [5.41, 5.74) is -0.219. The minimum atomic E-state index is -2.59. The van der Waals surface area contributed by atoms with E-state index in [-0.39, 0.29) is 24.7 Å². The van der Waals surface area contributed by atoms with Gasteiger partial charge in [0.1, 0.15) is 17.8 Å². The molecule has 1 aromatic rings. The lowest BCUT2D eigenvalue weighted by Gasteiger charge is -2.22. The van der Waals surface area contributed by atoms with E-state index in [2.05, 4.69) is 15.9 Å². The van der Waals surface area contributed by atoms with Crippen LogP contribution in [0.15, 0.2) is 16.6 Å². The maximum absolute atomic E-state index is 12.5. The zero-order valence-corrected chi connectivity index (χ0v) is 15.6. The minimum Gasteiger partial charge on any atom is -0.465 e. The van der Waals surface area contributed by atoms with E-state index < -0.39 is 24.6 Å². The smallest absolute Gasteiger partial charge is 0.342 e. The summed E-state index contributed by atoms with van der Waals surface area (Å²) >= 11 is 3.30. The van der Waals surface area contributed by atoms with Crippen molar-refractivity contribution in [1.29, 1.82) is 0 Å². The highest BCUT2D eigenvalue weighted by Crippen LogP contribution is 2.34. The fraction of sp³-hybridized carbons (Fsp3) is 0.562. The van der Waals surface area contributed by atoms with Crippen molar-refractivity contribution >= 4 is 21.9 Å². The van der Waals surface area contributed by atoms with Gasteiger partial charge in [0, 0.05) is 7.11 Å². The van der Waals surface area contributed by atoms with E-state index in [9.17, 15) is 13.6 Å². The number of alkyl halides is 2. The first-order valence-corrected chi connectivity index (χ1v) is 7.97. The van der Waals surface area contributed by atoms with Crippen LogP contribution in [0.5, 0.6) is 5.75 Å². The third kappa shape index (κ3) is 6.70. The van der Waals surface area contributed by atoms with Crippen LogP contribution in [0.3, 0.4) is 0 Å². The summed E-state index contributed by atoms with van der Waals surface area (Å²) in [4.78, 5) is 12.5. The van der Waals surface area contributed by atoms with Gasteiger partial charge in [-0.25, -0.2) is 13.6 Å². The van der Waals surface area contributed by atoms with Crippen LogP contribution in [0.1, 0.15) is 36.7 Å². The number of hydrogen-bond acceptors (Lipinski definition) is 5. The molecule has 0 aliphatic heterocycles. The molecule has 0 fully saturated rings. The molecular weight excluding hydrogens is 390 g/mol. The molecule has 1 aromatic carbocycles. The summed E-state index contributed by atoms with van der Waals surface area (Å²) < 4.78 is 45.7. The molecule has 5 nitrogen and oxygen atoms in total. The number of halogens is 3. The van der Waals surface area contributed by atoms with E-state index in [0.717, 1.165) is 0 Å². The zero-order valence-electron chi connectivity index (χ0n) is 14.0. The average Bonchev–Trinajstić information content (AvgIpc) is 2.44. The Balaban J connectivity index is 3.18. The molecule has 0 amide bonds. The zero-order chi connectivity index (χ0) is 18.3. The Bertz CT molecular complexity index is 558. The van der Waals surface area contributed by atoms with Gasteiger partial charge in [0.2, 0.25) is 0 Å². The lowest BCUT2D eigenvalue weighted by molar-refractivity contribution is 0.00216. The second kappa shape index (κ2) is 9.29. The summed E-state index contributed by atoms with van der Waals surface area (Å²) in [7, 11) is 1.44. The topological polar surface area (TPSA) is 54.0 Å².